The van der Waals surface area contributed by atoms with Crippen molar-refractivity contribution in [2.24, 2.45) is 5.73 Å². The van der Waals surface area contributed by atoms with Gasteiger partial charge in [0.2, 0.25) is 0 Å². The van der Waals surface area contributed by atoms with E-state index in [1.807, 2.05) is 31.2 Å². The zero-order valence-corrected chi connectivity index (χ0v) is 10.5. The first-order valence-corrected chi connectivity index (χ1v) is 5.82. The molecule has 4 heteroatoms. The highest BCUT2D eigenvalue weighted by molar-refractivity contribution is 5.93. The maximum Gasteiger partial charge on any atom is 0.252 e. The Balaban J connectivity index is 2.61. The number of hydrogen-bond acceptors (Lipinski definition) is 3. The third-order valence-electron chi connectivity index (χ3n) is 2.48. The largest absolute Gasteiger partial charge is 0.372 e. The van der Waals surface area contributed by atoms with Gasteiger partial charge >= 0.3 is 0 Å². The average molecular weight is 236 g/mol. The fourth-order valence-electron chi connectivity index (χ4n) is 1.44. The molecule has 0 spiro atoms. The fraction of sp³-hybridized carbons (Fsp3) is 0.462. The zero-order chi connectivity index (χ0) is 12.7. The van der Waals surface area contributed by atoms with Gasteiger partial charge in [0.25, 0.3) is 5.91 Å². The number of likely N-dealkylation sites (N-methyl/N-ethyl adjacent to an activating group) is 1. The van der Waals surface area contributed by atoms with E-state index in [0.29, 0.717) is 13.2 Å². The molecule has 94 valence electrons. The van der Waals surface area contributed by atoms with Crippen LogP contribution in [0.15, 0.2) is 24.3 Å². The van der Waals surface area contributed by atoms with Crippen LogP contribution in [0.25, 0.3) is 0 Å². The average Bonchev–Trinajstić information content (AvgIpc) is 2.38. The summed E-state index contributed by atoms with van der Waals surface area (Å²) in [7, 11) is 1.74. The number of amides is 1. The van der Waals surface area contributed by atoms with E-state index in [4.69, 9.17) is 10.5 Å². The smallest absolute Gasteiger partial charge is 0.252 e. The SMILES string of the molecule is CCCOCC(=O)N(C)c1cccc(CN)c1. The van der Waals surface area contributed by atoms with E-state index in [9.17, 15) is 4.79 Å². The minimum Gasteiger partial charge on any atom is -0.372 e. The molecule has 2 N–H and O–H groups in total. The number of carbonyl (C=O) groups excluding carboxylic acids is 1. The predicted molar refractivity (Wildman–Crippen MR) is 68.9 cm³/mol. The first-order valence-electron chi connectivity index (χ1n) is 5.82. The van der Waals surface area contributed by atoms with Crippen LogP contribution in [0.3, 0.4) is 0 Å². The summed E-state index contributed by atoms with van der Waals surface area (Å²) in [6.45, 7) is 3.22. The van der Waals surface area contributed by atoms with Crippen molar-refractivity contribution >= 4 is 11.6 Å². The van der Waals surface area contributed by atoms with Gasteiger partial charge in [0.15, 0.2) is 0 Å². The monoisotopic (exact) mass is 236 g/mol. The zero-order valence-electron chi connectivity index (χ0n) is 10.5. The third-order valence-corrected chi connectivity index (χ3v) is 2.48. The van der Waals surface area contributed by atoms with E-state index in [1.54, 1.807) is 11.9 Å². The number of ether oxygens (including phenoxy) is 1. The molecule has 0 saturated carbocycles. The van der Waals surface area contributed by atoms with Crippen LogP contribution in [0.2, 0.25) is 0 Å². The van der Waals surface area contributed by atoms with Gasteiger partial charge in [-0.05, 0) is 24.1 Å². The molecular formula is C13H20N2O2. The van der Waals surface area contributed by atoms with E-state index in [-0.39, 0.29) is 12.5 Å². The molecule has 0 radical (unpaired) electrons. The van der Waals surface area contributed by atoms with Crippen molar-refractivity contribution < 1.29 is 9.53 Å². The standard InChI is InChI=1S/C13H20N2O2/c1-3-7-17-10-13(16)15(2)12-6-4-5-11(8-12)9-14/h4-6,8H,3,7,9-10,14H2,1-2H3. The van der Waals surface area contributed by atoms with Crippen LogP contribution >= 0.6 is 0 Å². The quantitative estimate of drug-likeness (QED) is 0.762. The normalized spacial score (nSPS) is 10.3. The van der Waals surface area contributed by atoms with Gasteiger partial charge in [0.05, 0.1) is 0 Å². The number of nitrogens with two attached hydrogens (primary N) is 1. The molecule has 0 aromatic heterocycles. The van der Waals surface area contributed by atoms with Crippen LogP contribution in [-0.2, 0) is 16.1 Å². The molecule has 1 rings (SSSR count). The minimum atomic E-state index is -0.0485. The van der Waals surface area contributed by atoms with E-state index < -0.39 is 0 Å². The van der Waals surface area contributed by atoms with Gasteiger partial charge in [-0.15, -0.1) is 0 Å². The second-order valence-electron chi connectivity index (χ2n) is 3.88. The summed E-state index contributed by atoms with van der Waals surface area (Å²) in [6.07, 6.45) is 0.916. The van der Waals surface area contributed by atoms with Crippen molar-refractivity contribution in [2.75, 3.05) is 25.2 Å². The molecule has 0 unspecified atom stereocenters. The Kier molecular flexibility index (Phi) is 5.66. The molecule has 0 saturated heterocycles. The van der Waals surface area contributed by atoms with Crippen LogP contribution in [0.4, 0.5) is 5.69 Å². The Bertz CT molecular complexity index is 366. The van der Waals surface area contributed by atoms with Crippen LogP contribution in [0.5, 0.6) is 0 Å². The van der Waals surface area contributed by atoms with Crippen molar-refractivity contribution in [3.8, 4) is 0 Å². The number of hydrogen-bond donors (Lipinski definition) is 1. The lowest BCUT2D eigenvalue weighted by atomic mass is 10.2. The number of nitrogens with zero attached hydrogens (tertiary/aromatic N) is 1. The molecule has 1 amide bonds. The first kappa shape index (κ1) is 13.7. The van der Waals surface area contributed by atoms with Gasteiger partial charge in [-0.3, -0.25) is 4.79 Å². The molecule has 1 aromatic carbocycles. The van der Waals surface area contributed by atoms with Crippen molar-refractivity contribution in [2.45, 2.75) is 19.9 Å². The summed E-state index contributed by atoms with van der Waals surface area (Å²) in [5.41, 5.74) is 7.42. The lowest BCUT2D eigenvalue weighted by Crippen LogP contribution is -2.30. The number of rotatable bonds is 6. The van der Waals surface area contributed by atoms with Gasteiger partial charge in [0, 0.05) is 25.9 Å². The summed E-state index contributed by atoms with van der Waals surface area (Å²) in [5.74, 6) is -0.0485. The third kappa shape index (κ3) is 4.17. The summed E-state index contributed by atoms with van der Waals surface area (Å²) >= 11 is 0. The summed E-state index contributed by atoms with van der Waals surface area (Å²) < 4.78 is 5.23. The number of anilines is 1. The summed E-state index contributed by atoms with van der Waals surface area (Å²) in [6, 6.07) is 7.64. The van der Waals surface area contributed by atoms with Crippen LogP contribution in [0, 0.1) is 0 Å². The van der Waals surface area contributed by atoms with Crippen LogP contribution in [-0.4, -0.2) is 26.2 Å². The maximum atomic E-state index is 11.8. The maximum absolute atomic E-state index is 11.8. The number of carbonyl (C=O) groups is 1. The second kappa shape index (κ2) is 7.04. The van der Waals surface area contributed by atoms with E-state index in [2.05, 4.69) is 0 Å². The van der Waals surface area contributed by atoms with Crippen LogP contribution < -0.4 is 10.6 Å². The Morgan fingerprint density at radius 1 is 1.47 bits per heavy atom. The van der Waals surface area contributed by atoms with Gasteiger partial charge < -0.3 is 15.4 Å². The molecule has 17 heavy (non-hydrogen) atoms. The van der Waals surface area contributed by atoms with Gasteiger partial charge in [-0.25, -0.2) is 0 Å². The molecule has 0 aliphatic heterocycles. The van der Waals surface area contributed by atoms with Crippen molar-refractivity contribution in [1.82, 2.24) is 0 Å². The lowest BCUT2D eigenvalue weighted by Gasteiger charge is -2.18. The highest BCUT2D eigenvalue weighted by Crippen LogP contribution is 2.14. The Labute approximate surface area is 102 Å². The summed E-state index contributed by atoms with van der Waals surface area (Å²) in [5, 5.41) is 0. The van der Waals surface area contributed by atoms with Crippen LogP contribution in [0.1, 0.15) is 18.9 Å². The predicted octanol–water partition coefficient (Wildman–Crippen LogP) is 1.53. The molecule has 0 heterocycles. The van der Waals surface area contributed by atoms with E-state index in [1.165, 1.54) is 0 Å². The first-order chi connectivity index (χ1) is 8.19. The topological polar surface area (TPSA) is 55.6 Å². The summed E-state index contributed by atoms with van der Waals surface area (Å²) in [4.78, 5) is 13.4. The lowest BCUT2D eigenvalue weighted by molar-refractivity contribution is -0.122. The van der Waals surface area contributed by atoms with E-state index in [0.717, 1.165) is 17.7 Å². The molecular weight excluding hydrogens is 216 g/mol. The van der Waals surface area contributed by atoms with Crippen molar-refractivity contribution in [3.05, 3.63) is 29.8 Å². The molecule has 4 nitrogen and oxygen atoms in total. The highest BCUT2D eigenvalue weighted by atomic mass is 16.5. The van der Waals surface area contributed by atoms with Crippen molar-refractivity contribution in [1.29, 1.82) is 0 Å². The van der Waals surface area contributed by atoms with Gasteiger partial charge in [-0.2, -0.15) is 0 Å². The Morgan fingerprint density at radius 3 is 2.88 bits per heavy atom. The minimum absolute atomic E-state index is 0.0485. The second-order valence-corrected chi connectivity index (χ2v) is 3.88. The molecule has 0 bridgehead atoms. The molecule has 0 aliphatic rings. The Hall–Kier alpha value is -1.39. The molecule has 0 fully saturated rings. The Morgan fingerprint density at radius 2 is 2.24 bits per heavy atom. The molecule has 0 aliphatic carbocycles. The van der Waals surface area contributed by atoms with Gasteiger partial charge in [0.1, 0.15) is 6.61 Å². The van der Waals surface area contributed by atoms with Gasteiger partial charge in [-0.1, -0.05) is 19.1 Å². The highest BCUT2D eigenvalue weighted by Gasteiger charge is 2.10. The van der Waals surface area contributed by atoms with E-state index >= 15 is 0 Å². The fourth-order valence-corrected chi connectivity index (χ4v) is 1.44. The number of benzene rings is 1. The molecule has 1 aromatic rings. The molecule has 0 atom stereocenters. The van der Waals surface area contributed by atoms with Crippen molar-refractivity contribution in [3.63, 3.8) is 0 Å².